The third kappa shape index (κ3) is 704. The summed E-state index contributed by atoms with van der Waals surface area (Å²) in [6, 6.07) is 0. The van der Waals surface area contributed by atoms with E-state index in [1.165, 1.54) is 0 Å². The Morgan fingerprint density at radius 3 is 1.25 bits per heavy atom. The normalized spacial score (nSPS) is 2.00. The summed E-state index contributed by atoms with van der Waals surface area (Å²) >= 11 is 0. The van der Waals surface area contributed by atoms with E-state index in [9.17, 15) is 0 Å². The van der Waals surface area contributed by atoms with Crippen LogP contribution in [0.25, 0.3) is 0 Å². The topological polar surface area (TPSA) is 0 Å². The van der Waals surface area contributed by atoms with Crippen LogP contribution in [0.2, 0.25) is 0 Å². The highest BCUT2D eigenvalue weighted by molar-refractivity contribution is 6.92. The van der Waals surface area contributed by atoms with E-state index in [1.807, 2.05) is 0 Å². The Morgan fingerprint density at radius 2 is 1.25 bits per heavy atom. The molecule has 0 aromatic carbocycles. The molecule has 0 radical (unpaired) electrons. The van der Waals surface area contributed by atoms with Crippen molar-refractivity contribution in [1.82, 2.24) is 0 Å². The van der Waals surface area contributed by atoms with E-state index in [1.54, 1.807) is 0 Å². The lowest BCUT2D eigenvalue weighted by atomic mass is 11.0. The standard InChI is InChI=1S/C3H4.H3P/c1-3-2;/h1-2H2;1H3. The van der Waals surface area contributed by atoms with E-state index in [4.69, 9.17) is 0 Å². The molecule has 0 rings (SSSR count). The van der Waals surface area contributed by atoms with Gasteiger partial charge in [-0.1, -0.05) is 13.2 Å². The Labute approximate surface area is 29.8 Å². The maximum atomic E-state index is 3.12. The number of hydrogen-bond donors (Lipinski definition) is 0. The molecule has 4 heavy (non-hydrogen) atoms. The van der Waals surface area contributed by atoms with Crippen molar-refractivity contribution in [2.24, 2.45) is 0 Å². The second kappa shape index (κ2) is 12.4. The van der Waals surface area contributed by atoms with Crippen molar-refractivity contribution in [2.75, 3.05) is 0 Å². The molecular formula is C3H7P. The zero-order chi connectivity index (χ0) is 2.71. The van der Waals surface area contributed by atoms with Gasteiger partial charge in [0.2, 0.25) is 0 Å². The second-order valence-corrected chi connectivity index (χ2v) is 0.250. The van der Waals surface area contributed by atoms with E-state index >= 15 is 0 Å². The molecule has 0 spiro atoms. The van der Waals surface area contributed by atoms with Crippen LogP contribution in [0.3, 0.4) is 0 Å². The van der Waals surface area contributed by atoms with Gasteiger partial charge in [0.1, 0.15) is 0 Å². The van der Waals surface area contributed by atoms with E-state index < -0.39 is 0 Å². The first kappa shape index (κ1) is 9.04. The summed E-state index contributed by atoms with van der Waals surface area (Å²) in [5, 5.41) is 0. The van der Waals surface area contributed by atoms with Gasteiger partial charge in [-0.05, 0) is 0 Å². The molecule has 0 nitrogen and oxygen atoms in total. The Kier molecular flexibility index (Phi) is 28.1. The van der Waals surface area contributed by atoms with Gasteiger partial charge in [-0.25, -0.2) is 0 Å². The van der Waals surface area contributed by atoms with Crippen molar-refractivity contribution in [3.63, 3.8) is 0 Å². The SMILES string of the molecule is C=C=C.P. The highest BCUT2D eigenvalue weighted by Crippen LogP contribution is 1.16. The van der Waals surface area contributed by atoms with Gasteiger partial charge >= 0.3 is 0 Å². The fourth-order valence-corrected chi connectivity index (χ4v) is 0. The van der Waals surface area contributed by atoms with Crippen LogP contribution >= 0.6 is 9.90 Å². The lowest BCUT2D eigenvalue weighted by Crippen LogP contribution is -0.844. The van der Waals surface area contributed by atoms with Gasteiger partial charge in [0, 0.05) is 0 Å². The zero-order valence-electron chi connectivity index (χ0n) is 2.62. The van der Waals surface area contributed by atoms with Crippen LogP contribution in [-0.2, 0) is 0 Å². The zero-order valence-corrected chi connectivity index (χ0v) is 4.04. The molecule has 24 valence electrons. The van der Waals surface area contributed by atoms with Crippen LogP contribution in [0.1, 0.15) is 0 Å². The lowest BCUT2D eigenvalue weighted by Gasteiger charge is -1.10. The summed E-state index contributed by atoms with van der Waals surface area (Å²) in [6.45, 7) is 6.25. The molecule has 1 unspecified atom stereocenters. The minimum absolute atomic E-state index is 0. The predicted molar refractivity (Wildman–Crippen MR) is 25.9 cm³/mol. The average molecular weight is 74.1 g/mol. The fraction of sp³-hybridized carbons (Fsp3) is 0. The summed E-state index contributed by atoms with van der Waals surface area (Å²) in [4.78, 5) is 0. The highest BCUT2D eigenvalue weighted by Gasteiger charge is 0.904. The predicted octanol–water partition coefficient (Wildman–Crippen LogP) is 1.02. The molecule has 0 aliphatic heterocycles. The molecule has 1 atom stereocenters. The van der Waals surface area contributed by atoms with Gasteiger partial charge in [0.05, 0.1) is 0 Å². The van der Waals surface area contributed by atoms with Crippen LogP contribution < -0.4 is 0 Å². The number of hydrogen-bond acceptors (Lipinski definition) is 0. The van der Waals surface area contributed by atoms with Gasteiger partial charge in [-0.3, -0.25) is 0 Å². The van der Waals surface area contributed by atoms with E-state index in [2.05, 4.69) is 18.9 Å². The smallest absolute Gasteiger partial charge is 0.0572 e. The van der Waals surface area contributed by atoms with Crippen LogP contribution in [-0.4, -0.2) is 0 Å². The van der Waals surface area contributed by atoms with Crippen molar-refractivity contribution in [3.05, 3.63) is 18.9 Å². The van der Waals surface area contributed by atoms with Gasteiger partial charge in [0.25, 0.3) is 0 Å². The average Bonchev–Trinajstić information content (AvgIpc) is 0.918. The van der Waals surface area contributed by atoms with E-state index in [0.29, 0.717) is 0 Å². The lowest BCUT2D eigenvalue weighted by molar-refractivity contribution is 2.51. The van der Waals surface area contributed by atoms with E-state index in [0.717, 1.165) is 0 Å². The minimum atomic E-state index is 0. The van der Waals surface area contributed by atoms with Crippen molar-refractivity contribution in [1.29, 1.82) is 0 Å². The second-order valence-electron chi connectivity index (χ2n) is 0.250. The van der Waals surface area contributed by atoms with Gasteiger partial charge in [-0.15, -0.1) is 5.73 Å². The first-order valence-corrected chi connectivity index (χ1v) is 0.707. The Hall–Kier alpha value is -0.0500. The summed E-state index contributed by atoms with van der Waals surface area (Å²) in [7, 11) is 0. The molecule has 0 N–H and O–H groups in total. The maximum absolute atomic E-state index is 3.12. The van der Waals surface area contributed by atoms with Crippen LogP contribution in [0, 0.1) is 0 Å². The molecule has 0 heterocycles. The van der Waals surface area contributed by atoms with Crippen molar-refractivity contribution < 1.29 is 0 Å². The summed E-state index contributed by atoms with van der Waals surface area (Å²) in [6.07, 6.45) is 0. The highest BCUT2D eigenvalue weighted by atomic mass is 31.0. The molecule has 0 aliphatic rings. The largest absolute Gasteiger partial charge is 0.153 e. The molecule has 0 amide bonds. The number of rotatable bonds is 0. The van der Waals surface area contributed by atoms with Crippen molar-refractivity contribution in [2.45, 2.75) is 0 Å². The molecule has 0 aromatic heterocycles. The molecule has 0 saturated heterocycles. The van der Waals surface area contributed by atoms with Gasteiger partial charge in [-0.2, -0.15) is 9.90 Å². The van der Waals surface area contributed by atoms with Crippen LogP contribution in [0.4, 0.5) is 0 Å². The Balaban J connectivity index is 0. The van der Waals surface area contributed by atoms with Gasteiger partial charge in [0.15, 0.2) is 0 Å². The first-order valence-electron chi connectivity index (χ1n) is 0.707. The quantitative estimate of drug-likeness (QED) is 0.297. The van der Waals surface area contributed by atoms with Crippen molar-refractivity contribution >= 4 is 9.90 Å². The summed E-state index contributed by atoms with van der Waals surface area (Å²) < 4.78 is 0. The summed E-state index contributed by atoms with van der Waals surface area (Å²) in [5.74, 6) is 0. The van der Waals surface area contributed by atoms with Crippen LogP contribution in [0.15, 0.2) is 18.9 Å². The van der Waals surface area contributed by atoms with Gasteiger partial charge < -0.3 is 0 Å². The third-order valence-corrected chi connectivity index (χ3v) is 0. The Morgan fingerprint density at radius 1 is 1.25 bits per heavy atom. The molecule has 0 aliphatic carbocycles. The fourth-order valence-electron chi connectivity index (χ4n) is 0. The molecular weight excluding hydrogens is 67.0 g/mol. The monoisotopic (exact) mass is 74.0 g/mol. The minimum Gasteiger partial charge on any atom is -0.153 e. The summed E-state index contributed by atoms with van der Waals surface area (Å²) in [5.41, 5.74) is 2.25. The molecule has 0 saturated carbocycles. The molecule has 0 aromatic rings. The van der Waals surface area contributed by atoms with Crippen LogP contribution in [0.5, 0.6) is 0 Å². The maximum Gasteiger partial charge on any atom is -0.0572 e. The molecule has 1 heteroatoms. The molecule has 0 bridgehead atoms. The molecule has 0 fully saturated rings. The first-order chi connectivity index (χ1) is 1.41. The Bertz CT molecular complexity index is 24.3. The van der Waals surface area contributed by atoms with E-state index in [-0.39, 0.29) is 9.90 Å². The van der Waals surface area contributed by atoms with Crippen molar-refractivity contribution in [3.8, 4) is 0 Å². The third-order valence-electron chi connectivity index (χ3n) is 0.